The van der Waals surface area contributed by atoms with Crippen LogP contribution in [0.15, 0.2) is 22.6 Å². The first kappa shape index (κ1) is 13.5. The number of likely N-dealkylation sites (N-methyl/N-ethyl adjacent to an activating group) is 1. The average Bonchev–Trinajstić information content (AvgIpc) is 2.73. The Morgan fingerprint density at radius 1 is 1.42 bits per heavy atom. The number of fused-ring (bicyclic) bond motifs is 1. The minimum absolute atomic E-state index is 0.177. The summed E-state index contributed by atoms with van der Waals surface area (Å²) in [5.74, 6) is -0.0869. The van der Waals surface area contributed by atoms with Crippen molar-refractivity contribution in [2.75, 3.05) is 20.1 Å². The maximum absolute atomic E-state index is 10.5. The van der Waals surface area contributed by atoms with Gasteiger partial charge in [-0.3, -0.25) is 4.79 Å². The Hall–Kier alpha value is -1.88. The molecular weight excluding hydrogens is 244 g/mol. The predicted octanol–water partition coefficient (Wildman–Crippen LogP) is 2.09. The number of carbonyl (C=O) groups is 1. The van der Waals surface area contributed by atoms with Crippen LogP contribution in [0, 0.1) is 6.92 Å². The Morgan fingerprint density at radius 3 is 2.95 bits per heavy atom. The van der Waals surface area contributed by atoms with Crippen molar-refractivity contribution < 1.29 is 14.3 Å². The van der Waals surface area contributed by atoms with Crippen LogP contribution in [0.4, 0.5) is 0 Å². The Labute approximate surface area is 111 Å². The van der Waals surface area contributed by atoms with E-state index in [-0.39, 0.29) is 6.42 Å². The van der Waals surface area contributed by atoms with E-state index in [2.05, 4.69) is 4.98 Å². The summed E-state index contributed by atoms with van der Waals surface area (Å²) in [6.45, 7) is 3.23. The molecule has 0 aliphatic carbocycles. The summed E-state index contributed by atoms with van der Waals surface area (Å²) in [4.78, 5) is 16.8. The van der Waals surface area contributed by atoms with Gasteiger partial charge in [0.2, 0.25) is 0 Å². The van der Waals surface area contributed by atoms with Crippen LogP contribution in [0.2, 0.25) is 0 Å². The van der Waals surface area contributed by atoms with Crippen molar-refractivity contribution in [2.45, 2.75) is 19.8 Å². The zero-order valence-corrected chi connectivity index (χ0v) is 11.2. The first-order valence-electron chi connectivity index (χ1n) is 6.31. The number of nitrogens with zero attached hydrogens (tertiary/aromatic N) is 2. The van der Waals surface area contributed by atoms with Crippen LogP contribution in [-0.2, 0) is 11.2 Å². The van der Waals surface area contributed by atoms with E-state index in [1.54, 1.807) is 0 Å². The van der Waals surface area contributed by atoms with Gasteiger partial charge in [0.15, 0.2) is 11.5 Å². The lowest BCUT2D eigenvalue weighted by Gasteiger charge is -2.14. The number of hydrogen-bond donors (Lipinski definition) is 1. The molecule has 5 nitrogen and oxygen atoms in total. The molecule has 0 saturated carbocycles. The molecule has 0 amide bonds. The van der Waals surface area contributed by atoms with Crippen molar-refractivity contribution in [3.05, 3.63) is 29.7 Å². The Bertz CT molecular complexity index is 577. The fourth-order valence-corrected chi connectivity index (χ4v) is 1.96. The molecule has 1 heterocycles. The van der Waals surface area contributed by atoms with E-state index in [0.717, 1.165) is 24.1 Å². The van der Waals surface area contributed by atoms with Gasteiger partial charge >= 0.3 is 5.97 Å². The highest BCUT2D eigenvalue weighted by atomic mass is 16.4. The molecule has 1 aromatic carbocycles. The monoisotopic (exact) mass is 262 g/mol. The zero-order valence-electron chi connectivity index (χ0n) is 11.2. The molecule has 2 rings (SSSR count). The number of aryl methyl sites for hydroxylation is 1. The van der Waals surface area contributed by atoms with E-state index in [0.29, 0.717) is 12.4 Å². The Morgan fingerprint density at radius 2 is 2.21 bits per heavy atom. The van der Waals surface area contributed by atoms with Gasteiger partial charge in [0.1, 0.15) is 5.52 Å². The van der Waals surface area contributed by atoms with E-state index in [1.807, 2.05) is 37.1 Å². The number of aromatic nitrogens is 1. The van der Waals surface area contributed by atoms with Gasteiger partial charge in [-0.2, -0.15) is 0 Å². The maximum Gasteiger partial charge on any atom is 0.304 e. The SMILES string of the molecule is Cc1nc2ccc(CCN(C)CCC(=O)O)cc2o1. The average molecular weight is 262 g/mol. The number of aliphatic carboxylic acids is 1. The topological polar surface area (TPSA) is 66.6 Å². The molecule has 1 N–H and O–H groups in total. The lowest BCUT2D eigenvalue weighted by Crippen LogP contribution is -2.24. The summed E-state index contributed by atoms with van der Waals surface area (Å²) in [5, 5.41) is 8.62. The molecule has 0 atom stereocenters. The summed E-state index contributed by atoms with van der Waals surface area (Å²) in [6, 6.07) is 5.99. The van der Waals surface area contributed by atoms with Crippen LogP contribution in [0.1, 0.15) is 17.9 Å². The second-order valence-electron chi connectivity index (χ2n) is 4.73. The minimum atomic E-state index is -0.759. The smallest absolute Gasteiger partial charge is 0.304 e. The summed E-state index contributed by atoms with van der Waals surface area (Å²) in [5.41, 5.74) is 2.86. The largest absolute Gasteiger partial charge is 0.481 e. The molecule has 0 fully saturated rings. The van der Waals surface area contributed by atoms with Gasteiger partial charge in [-0.25, -0.2) is 4.98 Å². The quantitative estimate of drug-likeness (QED) is 0.863. The second-order valence-corrected chi connectivity index (χ2v) is 4.73. The predicted molar refractivity (Wildman–Crippen MR) is 72.2 cm³/mol. The second kappa shape index (κ2) is 5.84. The van der Waals surface area contributed by atoms with Crippen molar-refractivity contribution in [3.63, 3.8) is 0 Å². The van der Waals surface area contributed by atoms with Crippen molar-refractivity contribution in [3.8, 4) is 0 Å². The lowest BCUT2D eigenvalue weighted by atomic mass is 10.1. The highest BCUT2D eigenvalue weighted by Gasteiger charge is 2.05. The van der Waals surface area contributed by atoms with Crippen LogP contribution >= 0.6 is 0 Å². The normalized spacial score (nSPS) is 11.3. The highest BCUT2D eigenvalue weighted by Crippen LogP contribution is 2.17. The van der Waals surface area contributed by atoms with Crippen LogP contribution in [0.5, 0.6) is 0 Å². The molecule has 2 aromatic rings. The van der Waals surface area contributed by atoms with Gasteiger partial charge in [0.25, 0.3) is 0 Å². The van der Waals surface area contributed by atoms with Gasteiger partial charge < -0.3 is 14.4 Å². The van der Waals surface area contributed by atoms with Gasteiger partial charge in [-0.15, -0.1) is 0 Å². The molecular formula is C14H18N2O3. The molecule has 0 saturated heterocycles. The molecule has 0 aliphatic heterocycles. The van der Waals surface area contributed by atoms with E-state index in [9.17, 15) is 4.79 Å². The summed E-state index contributed by atoms with van der Waals surface area (Å²) in [7, 11) is 1.93. The fraction of sp³-hybridized carbons (Fsp3) is 0.429. The number of benzene rings is 1. The van der Waals surface area contributed by atoms with Crippen molar-refractivity contribution in [1.29, 1.82) is 0 Å². The third-order valence-electron chi connectivity index (χ3n) is 3.05. The Kier molecular flexibility index (Phi) is 4.16. The number of carboxylic acid groups (broad SMARTS) is 1. The molecule has 0 radical (unpaired) electrons. The molecule has 1 aromatic heterocycles. The van der Waals surface area contributed by atoms with E-state index in [4.69, 9.17) is 9.52 Å². The lowest BCUT2D eigenvalue weighted by molar-refractivity contribution is -0.137. The summed E-state index contributed by atoms with van der Waals surface area (Å²) < 4.78 is 5.49. The van der Waals surface area contributed by atoms with Gasteiger partial charge in [-0.1, -0.05) is 6.07 Å². The number of hydrogen-bond acceptors (Lipinski definition) is 4. The van der Waals surface area contributed by atoms with E-state index < -0.39 is 5.97 Å². The highest BCUT2D eigenvalue weighted by molar-refractivity contribution is 5.73. The first-order chi connectivity index (χ1) is 9.04. The van der Waals surface area contributed by atoms with Crippen LogP contribution in [-0.4, -0.2) is 41.1 Å². The van der Waals surface area contributed by atoms with E-state index >= 15 is 0 Å². The number of rotatable bonds is 6. The van der Waals surface area contributed by atoms with Gasteiger partial charge in [0.05, 0.1) is 6.42 Å². The van der Waals surface area contributed by atoms with Crippen molar-refractivity contribution in [2.24, 2.45) is 0 Å². The summed E-state index contributed by atoms with van der Waals surface area (Å²) in [6.07, 6.45) is 1.04. The number of oxazole rings is 1. The van der Waals surface area contributed by atoms with Crippen molar-refractivity contribution in [1.82, 2.24) is 9.88 Å². The molecule has 0 bridgehead atoms. The number of carboxylic acids is 1. The Balaban J connectivity index is 1.92. The molecule has 102 valence electrons. The van der Waals surface area contributed by atoms with Gasteiger partial charge in [0, 0.05) is 20.0 Å². The van der Waals surface area contributed by atoms with E-state index in [1.165, 1.54) is 5.56 Å². The minimum Gasteiger partial charge on any atom is -0.481 e. The van der Waals surface area contributed by atoms with Gasteiger partial charge in [-0.05, 0) is 31.2 Å². The third-order valence-corrected chi connectivity index (χ3v) is 3.05. The molecule has 19 heavy (non-hydrogen) atoms. The van der Waals surface area contributed by atoms with Crippen molar-refractivity contribution >= 4 is 17.1 Å². The standard InChI is InChI=1S/C14H18N2O3/c1-10-15-12-4-3-11(9-13(12)19-10)5-7-16(2)8-6-14(17)18/h3-4,9H,5-8H2,1-2H3,(H,17,18). The van der Waals surface area contributed by atoms with Crippen LogP contribution < -0.4 is 0 Å². The molecule has 5 heteroatoms. The maximum atomic E-state index is 10.5. The third kappa shape index (κ3) is 3.79. The molecule has 0 unspecified atom stereocenters. The molecule has 0 aliphatic rings. The molecule has 0 spiro atoms. The zero-order chi connectivity index (χ0) is 13.8. The fourth-order valence-electron chi connectivity index (χ4n) is 1.96. The first-order valence-corrected chi connectivity index (χ1v) is 6.31. The summed E-state index contributed by atoms with van der Waals surface area (Å²) >= 11 is 0. The van der Waals surface area contributed by atoms with Crippen LogP contribution in [0.25, 0.3) is 11.1 Å². The van der Waals surface area contributed by atoms with Crippen LogP contribution in [0.3, 0.4) is 0 Å².